The lowest BCUT2D eigenvalue weighted by molar-refractivity contribution is 0.0695. The second kappa shape index (κ2) is 3.97. The molecule has 0 aliphatic heterocycles. The molecule has 1 heterocycles. The Kier molecular flexibility index (Phi) is 2.66. The minimum atomic E-state index is -1.24. The minimum absolute atomic E-state index is 0.282. The third-order valence-corrected chi connectivity index (χ3v) is 2.77. The number of H-pyrrole nitrogens is 1. The average molecular weight is 283 g/mol. The maximum absolute atomic E-state index is 11.7. The molecule has 0 saturated carbocycles. The fourth-order valence-electron chi connectivity index (χ4n) is 1.34. The van der Waals surface area contributed by atoms with Crippen molar-refractivity contribution in [1.82, 2.24) is 9.78 Å². The molecule has 0 aliphatic carbocycles. The van der Waals surface area contributed by atoms with Crippen molar-refractivity contribution in [2.75, 3.05) is 0 Å². The fraction of sp³-hybridized carbons (Fsp3) is 0. The van der Waals surface area contributed by atoms with Gasteiger partial charge in [0.1, 0.15) is 5.56 Å². The lowest BCUT2D eigenvalue weighted by atomic mass is 10.3. The van der Waals surface area contributed by atoms with E-state index in [1.54, 1.807) is 24.3 Å². The lowest BCUT2D eigenvalue weighted by Crippen LogP contribution is -2.20. The number of nitrogens with zero attached hydrogens (tertiary/aromatic N) is 1. The van der Waals surface area contributed by atoms with E-state index in [9.17, 15) is 9.59 Å². The van der Waals surface area contributed by atoms with Crippen molar-refractivity contribution in [1.29, 1.82) is 0 Å². The first-order chi connectivity index (χ1) is 7.61. The van der Waals surface area contributed by atoms with Gasteiger partial charge >= 0.3 is 5.97 Å². The molecule has 0 bridgehead atoms. The van der Waals surface area contributed by atoms with Crippen LogP contribution in [0.2, 0.25) is 0 Å². The van der Waals surface area contributed by atoms with Gasteiger partial charge in [-0.3, -0.25) is 9.89 Å². The Morgan fingerprint density at radius 2 is 2.06 bits per heavy atom. The van der Waals surface area contributed by atoms with Gasteiger partial charge in [0, 0.05) is 10.7 Å². The van der Waals surface area contributed by atoms with E-state index in [4.69, 9.17) is 5.11 Å². The standard InChI is InChI=1S/C10H7BrN2O3/c11-7-3-1-2-4-8(7)13-9(14)6(5-12-13)10(15)16/h1-5,12H,(H,15,16). The summed E-state index contributed by atoms with van der Waals surface area (Å²) in [6.07, 6.45) is 1.17. The van der Waals surface area contributed by atoms with E-state index in [1.807, 2.05) is 0 Å². The Labute approximate surface area is 98.4 Å². The Balaban J connectivity index is 2.63. The molecule has 16 heavy (non-hydrogen) atoms. The lowest BCUT2D eigenvalue weighted by Gasteiger charge is -2.02. The third kappa shape index (κ3) is 1.67. The first kappa shape index (κ1) is 10.7. The highest BCUT2D eigenvalue weighted by Gasteiger charge is 2.14. The number of benzene rings is 1. The van der Waals surface area contributed by atoms with Crippen LogP contribution in [-0.4, -0.2) is 20.9 Å². The van der Waals surface area contributed by atoms with Gasteiger partial charge in [0.05, 0.1) is 5.69 Å². The summed E-state index contributed by atoms with van der Waals surface area (Å²) in [6.45, 7) is 0. The number of carboxylic acids is 1. The van der Waals surface area contributed by atoms with Gasteiger partial charge in [-0.05, 0) is 28.1 Å². The summed E-state index contributed by atoms with van der Waals surface area (Å²) in [5.74, 6) is -1.24. The molecule has 0 aliphatic rings. The minimum Gasteiger partial charge on any atom is -0.477 e. The highest BCUT2D eigenvalue weighted by molar-refractivity contribution is 9.10. The molecule has 0 amide bonds. The molecular formula is C10H7BrN2O3. The van der Waals surface area contributed by atoms with Gasteiger partial charge in [0.25, 0.3) is 5.56 Å². The van der Waals surface area contributed by atoms with E-state index >= 15 is 0 Å². The zero-order valence-electron chi connectivity index (χ0n) is 7.98. The molecule has 2 N–H and O–H groups in total. The Morgan fingerprint density at radius 1 is 1.38 bits per heavy atom. The van der Waals surface area contributed by atoms with Crippen LogP contribution < -0.4 is 5.56 Å². The van der Waals surface area contributed by atoms with Crippen LogP contribution in [0.1, 0.15) is 10.4 Å². The van der Waals surface area contributed by atoms with Crippen molar-refractivity contribution < 1.29 is 9.90 Å². The van der Waals surface area contributed by atoms with E-state index < -0.39 is 11.5 Å². The van der Waals surface area contributed by atoms with Crippen LogP contribution in [0, 0.1) is 0 Å². The van der Waals surface area contributed by atoms with Gasteiger partial charge in [-0.25, -0.2) is 9.48 Å². The Morgan fingerprint density at radius 3 is 2.62 bits per heavy atom. The van der Waals surface area contributed by atoms with E-state index in [0.29, 0.717) is 10.2 Å². The van der Waals surface area contributed by atoms with E-state index in [0.717, 1.165) is 0 Å². The van der Waals surface area contributed by atoms with Crippen molar-refractivity contribution >= 4 is 21.9 Å². The molecule has 0 unspecified atom stereocenters. The maximum atomic E-state index is 11.7. The molecule has 0 radical (unpaired) electrons. The second-order valence-electron chi connectivity index (χ2n) is 3.08. The van der Waals surface area contributed by atoms with Crippen LogP contribution >= 0.6 is 15.9 Å². The molecule has 82 valence electrons. The summed E-state index contributed by atoms with van der Waals surface area (Å²) in [7, 11) is 0. The van der Waals surface area contributed by atoms with Gasteiger partial charge in [-0.15, -0.1) is 0 Å². The van der Waals surface area contributed by atoms with Crippen molar-refractivity contribution in [3.63, 3.8) is 0 Å². The van der Waals surface area contributed by atoms with Crippen LogP contribution in [0.15, 0.2) is 39.7 Å². The summed E-state index contributed by atoms with van der Waals surface area (Å²) in [5.41, 5.74) is -0.296. The van der Waals surface area contributed by atoms with E-state index in [2.05, 4.69) is 21.0 Å². The monoisotopic (exact) mass is 282 g/mol. The van der Waals surface area contributed by atoms with E-state index in [1.165, 1.54) is 10.9 Å². The smallest absolute Gasteiger partial charge is 0.342 e. The number of carbonyl (C=O) groups is 1. The maximum Gasteiger partial charge on any atom is 0.342 e. The number of rotatable bonds is 2. The SMILES string of the molecule is O=C(O)c1c[nH]n(-c2ccccc2Br)c1=O. The van der Waals surface area contributed by atoms with Crippen molar-refractivity contribution in [2.45, 2.75) is 0 Å². The molecule has 0 fully saturated rings. The molecule has 6 heteroatoms. The number of nitrogens with one attached hydrogen (secondary N) is 1. The van der Waals surface area contributed by atoms with Crippen LogP contribution in [-0.2, 0) is 0 Å². The molecule has 1 aromatic carbocycles. The first-order valence-electron chi connectivity index (χ1n) is 4.40. The molecule has 0 spiro atoms. The molecule has 1 aromatic heterocycles. The fourth-order valence-corrected chi connectivity index (χ4v) is 1.80. The third-order valence-electron chi connectivity index (χ3n) is 2.10. The number of hydrogen-bond donors (Lipinski definition) is 2. The van der Waals surface area contributed by atoms with Gasteiger partial charge in [-0.1, -0.05) is 12.1 Å². The Hall–Kier alpha value is -1.82. The van der Waals surface area contributed by atoms with Crippen LogP contribution in [0.3, 0.4) is 0 Å². The predicted octanol–water partition coefficient (Wildman–Crippen LogP) is 1.63. The predicted molar refractivity (Wildman–Crippen MR) is 61.0 cm³/mol. The van der Waals surface area contributed by atoms with Crippen LogP contribution in [0.5, 0.6) is 0 Å². The largest absolute Gasteiger partial charge is 0.477 e. The quantitative estimate of drug-likeness (QED) is 0.879. The molecule has 2 rings (SSSR count). The van der Waals surface area contributed by atoms with Crippen LogP contribution in [0.4, 0.5) is 0 Å². The molecule has 5 nitrogen and oxygen atoms in total. The van der Waals surface area contributed by atoms with Crippen LogP contribution in [0.25, 0.3) is 5.69 Å². The van der Waals surface area contributed by atoms with Gasteiger partial charge in [0.2, 0.25) is 0 Å². The number of para-hydroxylation sites is 1. The van der Waals surface area contributed by atoms with E-state index in [-0.39, 0.29) is 5.56 Å². The van der Waals surface area contributed by atoms with Crippen molar-refractivity contribution in [3.8, 4) is 5.69 Å². The number of aromatic amines is 1. The molecular weight excluding hydrogens is 276 g/mol. The summed E-state index contributed by atoms with van der Waals surface area (Å²) in [5, 5.41) is 11.4. The highest BCUT2D eigenvalue weighted by Crippen LogP contribution is 2.18. The number of aromatic nitrogens is 2. The van der Waals surface area contributed by atoms with Gasteiger partial charge in [-0.2, -0.15) is 0 Å². The van der Waals surface area contributed by atoms with Gasteiger partial charge < -0.3 is 5.11 Å². The highest BCUT2D eigenvalue weighted by atomic mass is 79.9. The number of halogens is 1. The summed E-state index contributed by atoms with van der Waals surface area (Å²) >= 11 is 3.29. The first-order valence-corrected chi connectivity index (χ1v) is 5.19. The summed E-state index contributed by atoms with van der Waals surface area (Å²) < 4.78 is 1.88. The number of aromatic carboxylic acids is 1. The van der Waals surface area contributed by atoms with Crippen molar-refractivity contribution in [2.24, 2.45) is 0 Å². The average Bonchev–Trinajstić information content (AvgIpc) is 2.61. The second-order valence-corrected chi connectivity index (χ2v) is 3.94. The molecule has 0 atom stereocenters. The summed E-state index contributed by atoms with van der Waals surface area (Å²) in [4.78, 5) is 22.4. The molecule has 0 saturated heterocycles. The molecule has 2 aromatic rings. The van der Waals surface area contributed by atoms with Gasteiger partial charge in [0.15, 0.2) is 0 Å². The number of carboxylic acid groups (broad SMARTS) is 1. The Bertz CT molecular complexity index is 600. The zero-order chi connectivity index (χ0) is 11.7. The van der Waals surface area contributed by atoms with Crippen molar-refractivity contribution in [3.05, 3.63) is 50.9 Å². The number of hydrogen-bond acceptors (Lipinski definition) is 2. The normalized spacial score (nSPS) is 10.3. The zero-order valence-corrected chi connectivity index (χ0v) is 9.56. The summed E-state index contributed by atoms with van der Waals surface area (Å²) in [6, 6.07) is 7.03. The topological polar surface area (TPSA) is 75.1 Å².